The summed E-state index contributed by atoms with van der Waals surface area (Å²) >= 11 is 0. The number of imidazole rings is 1. The highest BCUT2D eigenvalue weighted by molar-refractivity contribution is 5.93. The maximum Gasteiger partial charge on any atom is 0.394 e. The number of hydrogen-bond acceptors (Lipinski definition) is 8. The molecule has 1 saturated carbocycles. The van der Waals surface area contributed by atoms with Gasteiger partial charge in [-0.05, 0) is 30.0 Å². The number of nitrogens with one attached hydrogen (secondary N) is 2. The van der Waals surface area contributed by atoms with Crippen LogP contribution in [-0.2, 0) is 11.2 Å². The highest BCUT2D eigenvalue weighted by Crippen LogP contribution is 2.41. The molecule has 44 heavy (non-hydrogen) atoms. The molecule has 2 N–H and O–H groups in total. The summed E-state index contributed by atoms with van der Waals surface area (Å²) in [5, 5.41) is 15.4. The molecule has 1 aliphatic heterocycles. The topological polar surface area (TPSA) is 140 Å². The van der Waals surface area contributed by atoms with Gasteiger partial charge in [-0.25, -0.2) is 36.5 Å². The molecule has 2 aliphatic rings. The Morgan fingerprint density at radius 2 is 1.93 bits per heavy atom. The van der Waals surface area contributed by atoms with Gasteiger partial charge in [0.25, 0.3) is 11.8 Å². The summed E-state index contributed by atoms with van der Waals surface area (Å²) in [7, 11) is 1.33. The fourth-order valence-corrected chi connectivity index (χ4v) is 5.42. The van der Waals surface area contributed by atoms with Crippen LogP contribution in [0.4, 0.5) is 35.5 Å². The summed E-state index contributed by atoms with van der Waals surface area (Å²) in [6.45, 7) is -1.84. The highest BCUT2D eigenvalue weighted by atomic mass is 19.4. The molecule has 2 fully saturated rings. The predicted molar refractivity (Wildman–Crippen MR) is 134 cm³/mol. The monoisotopic (exact) mass is 636 g/mol. The number of hydrogen-bond donors (Lipinski definition) is 2. The molecule has 0 spiro atoms. The molecule has 1 aliphatic carbocycles. The van der Waals surface area contributed by atoms with Crippen LogP contribution in [0.1, 0.15) is 65.2 Å². The fourth-order valence-electron chi connectivity index (χ4n) is 5.42. The maximum absolute atomic E-state index is 14.1. The van der Waals surface area contributed by atoms with E-state index in [4.69, 9.17) is 4.74 Å². The van der Waals surface area contributed by atoms with Crippen LogP contribution < -0.4 is 10.6 Å². The molecule has 5 rings (SSSR count). The first-order valence-corrected chi connectivity index (χ1v) is 13.5. The van der Waals surface area contributed by atoms with E-state index >= 15 is 0 Å². The molecule has 0 bridgehead atoms. The molecule has 0 radical (unpaired) electrons. The first-order chi connectivity index (χ1) is 20.6. The number of ether oxygens (including phenoxy) is 1. The lowest BCUT2D eigenvalue weighted by molar-refractivity contribution is -0.128. The fraction of sp³-hybridized carbons (Fsp3) is 0.600. The second-order valence-electron chi connectivity index (χ2n) is 10.9. The SMILES string of the molecule is COC[C@H](c1cnn2cc([C@@H](NC(=O)c3nonc3CC(F)(F)F)C3CCC(F)(F)CC3)nc2c1)N1CC(F)(F)CNC1=O. The highest BCUT2D eigenvalue weighted by Gasteiger charge is 2.43. The van der Waals surface area contributed by atoms with Gasteiger partial charge in [0.1, 0.15) is 5.69 Å². The van der Waals surface area contributed by atoms with Crippen LogP contribution in [0.15, 0.2) is 23.1 Å². The van der Waals surface area contributed by atoms with Crippen molar-refractivity contribution in [2.24, 2.45) is 5.92 Å². The number of urea groups is 1. The van der Waals surface area contributed by atoms with Crippen molar-refractivity contribution in [2.45, 2.75) is 62.2 Å². The second-order valence-corrected chi connectivity index (χ2v) is 10.9. The molecular formula is C25H27F7N8O4. The van der Waals surface area contributed by atoms with Gasteiger partial charge in [-0.15, -0.1) is 0 Å². The minimum atomic E-state index is -4.71. The molecule has 3 amide bonds. The Morgan fingerprint density at radius 3 is 2.61 bits per heavy atom. The number of nitrogens with zero attached hydrogens (tertiary/aromatic N) is 6. The Labute approximate surface area is 244 Å². The summed E-state index contributed by atoms with van der Waals surface area (Å²) in [6, 6.07) is -1.30. The molecule has 1 saturated heterocycles. The van der Waals surface area contributed by atoms with Gasteiger partial charge in [0.2, 0.25) is 5.92 Å². The van der Waals surface area contributed by atoms with E-state index in [1.807, 2.05) is 0 Å². The van der Waals surface area contributed by atoms with Crippen molar-refractivity contribution in [1.82, 2.24) is 40.4 Å². The Bertz CT molecular complexity index is 1500. The molecular weight excluding hydrogens is 609 g/mol. The van der Waals surface area contributed by atoms with E-state index in [1.165, 1.54) is 30.1 Å². The van der Waals surface area contributed by atoms with Crippen LogP contribution in [0.25, 0.3) is 5.65 Å². The molecule has 19 heteroatoms. The normalized spacial score (nSPS) is 20.4. The van der Waals surface area contributed by atoms with Crippen molar-refractivity contribution in [2.75, 3.05) is 26.8 Å². The van der Waals surface area contributed by atoms with Crippen LogP contribution in [0.3, 0.4) is 0 Å². The first kappa shape index (κ1) is 31.4. The van der Waals surface area contributed by atoms with Gasteiger partial charge in [-0.1, -0.05) is 5.16 Å². The number of aromatic nitrogens is 5. The van der Waals surface area contributed by atoms with Crippen molar-refractivity contribution in [3.8, 4) is 0 Å². The molecule has 2 atom stereocenters. The second kappa shape index (κ2) is 11.8. The molecule has 0 unspecified atom stereocenters. The maximum atomic E-state index is 14.1. The zero-order valence-electron chi connectivity index (χ0n) is 23.1. The number of carbonyl (C=O) groups excluding carboxylic acids is 2. The van der Waals surface area contributed by atoms with Crippen molar-refractivity contribution >= 4 is 17.6 Å². The van der Waals surface area contributed by atoms with Gasteiger partial charge in [0.15, 0.2) is 11.3 Å². The number of alkyl halides is 7. The number of fused-ring (bicyclic) bond motifs is 1. The van der Waals surface area contributed by atoms with E-state index in [0.717, 1.165) is 4.90 Å². The third kappa shape index (κ3) is 7.02. The number of carbonyl (C=O) groups is 2. The molecule has 12 nitrogen and oxygen atoms in total. The Hall–Kier alpha value is -4.03. The van der Waals surface area contributed by atoms with E-state index in [1.54, 1.807) is 0 Å². The van der Waals surface area contributed by atoms with Crippen molar-refractivity contribution in [1.29, 1.82) is 0 Å². The third-order valence-corrected chi connectivity index (χ3v) is 7.58. The molecule has 4 heterocycles. The smallest absolute Gasteiger partial charge is 0.382 e. The Kier molecular flexibility index (Phi) is 8.43. The van der Waals surface area contributed by atoms with E-state index in [0.29, 0.717) is 5.56 Å². The van der Waals surface area contributed by atoms with Gasteiger partial charge < -0.3 is 20.3 Å². The summed E-state index contributed by atoms with van der Waals surface area (Å²) in [5.41, 5.74) is -0.854. The molecule has 3 aromatic rings. The van der Waals surface area contributed by atoms with E-state index < -0.39 is 91.7 Å². The minimum Gasteiger partial charge on any atom is -0.382 e. The lowest BCUT2D eigenvalue weighted by Crippen LogP contribution is -2.58. The number of methoxy groups -OCH3 is 1. The summed E-state index contributed by atoms with van der Waals surface area (Å²) < 4.78 is 106. The predicted octanol–water partition coefficient (Wildman–Crippen LogP) is 3.86. The third-order valence-electron chi connectivity index (χ3n) is 7.58. The standard InChI is InChI=1S/C25H27F7N8O4/c1-43-10-17(39-12-24(28,29)11-33-22(39)42)14-6-18-35-16(9-40(18)34-8-14)19(13-2-4-23(26,27)5-3-13)36-21(41)20-15(37-44-38-20)7-25(30,31)32/h6,8-9,13,17,19H,2-5,7,10-12H2,1H3,(H,33,42)(H,36,41)/t17-,19+/m1/s1. The van der Waals surface area contributed by atoms with Crippen LogP contribution in [0.2, 0.25) is 0 Å². The Balaban J connectivity index is 1.46. The van der Waals surface area contributed by atoms with Gasteiger partial charge in [-0.3, -0.25) is 4.79 Å². The van der Waals surface area contributed by atoms with Crippen molar-refractivity contribution in [3.63, 3.8) is 0 Å². The summed E-state index contributed by atoms with van der Waals surface area (Å²) in [6.07, 6.45) is -4.60. The zero-order valence-corrected chi connectivity index (χ0v) is 23.1. The van der Waals surface area contributed by atoms with Gasteiger partial charge in [0, 0.05) is 25.5 Å². The number of halogens is 7. The van der Waals surface area contributed by atoms with E-state index in [9.17, 15) is 40.3 Å². The minimum absolute atomic E-state index is 0.0365. The van der Waals surface area contributed by atoms with Gasteiger partial charge >= 0.3 is 12.2 Å². The average molecular weight is 637 g/mol. The van der Waals surface area contributed by atoms with Crippen LogP contribution in [0, 0.1) is 5.92 Å². The molecule has 240 valence electrons. The lowest BCUT2D eigenvalue weighted by Gasteiger charge is -2.38. The average Bonchev–Trinajstić information content (AvgIpc) is 3.57. The number of rotatable bonds is 9. The van der Waals surface area contributed by atoms with Crippen LogP contribution in [-0.4, -0.2) is 86.6 Å². The van der Waals surface area contributed by atoms with Gasteiger partial charge in [-0.2, -0.15) is 18.3 Å². The van der Waals surface area contributed by atoms with Crippen LogP contribution >= 0.6 is 0 Å². The molecule has 3 aromatic heterocycles. The Morgan fingerprint density at radius 1 is 1.20 bits per heavy atom. The van der Waals surface area contributed by atoms with Gasteiger partial charge in [0.05, 0.1) is 56.3 Å². The van der Waals surface area contributed by atoms with E-state index in [-0.39, 0.29) is 30.8 Å². The van der Waals surface area contributed by atoms with Crippen molar-refractivity contribution < 1.29 is 49.7 Å². The summed E-state index contributed by atoms with van der Waals surface area (Å²) in [5.74, 6) is -7.77. The zero-order chi connectivity index (χ0) is 31.9. The van der Waals surface area contributed by atoms with E-state index in [2.05, 4.69) is 35.7 Å². The summed E-state index contributed by atoms with van der Waals surface area (Å²) in [4.78, 5) is 31.0. The quantitative estimate of drug-likeness (QED) is 0.338. The first-order valence-electron chi connectivity index (χ1n) is 13.5. The number of amides is 3. The van der Waals surface area contributed by atoms with Crippen molar-refractivity contribution in [3.05, 3.63) is 41.1 Å². The molecule has 0 aromatic carbocycles. The largest absolute Gasteiger partial charge is 0.394 e. The van der Waals surface area contributed by atoms with Crippen LogP contribution in [0.5, 0.6) is 0 Å². The lowest BCUT2D eigenvalue weighted by atomic mass is 9.81.